The zero-order valence-electron chi connectivity index (χ0n) is 16.8. The number of anilines is 1. The molecule has 0 unspecified atom stereocenters. The van der Waals surface area contributed by atoms with Crippen molar-refractivity contribution in [2.24, 2.45) is 0 Å². The molecule has 1 atom stereocenters. The molecule has 0 aliphatic carbocycles. The van der Waals surface area contributed by atoms with Crippen LogP contribution in [0.2, 0.25) is 0 Å². The predicted octanol–water partition coefficient (Wildman–Crippen LogP) is 3.41. The molecule has 2 N–H and O–H groups in total. The van der Waals surface area contributed by atoms with Gasteiger partial charge < -0.3 is 10.6 Å². The van der Waals surface area contributed by atoms with Crippen LogP contribution in [-0.4, -0.2) is 32.0 Å². The Morgan fingerprint density at radius 2 is 1.68 bits per heavy atom. The Hall–Kier alpha value is -4.33. The number of hydrogen-bond donors (Lipinski definition) is 2. The maximum atomic E-state index is 12.9. The zero-order valence-corrected chi connectivity index (χ0v) is 16.8. The molecule has 0 spiro atoms. The molecule has 3 aromatic carbocycles. The van der Waals surface area contributed by atoms with Crippen LogP contribution < -0.4 is 10.6 Å². The van der Waals surface area contributed by atoms with E-state index >= 15 is 0 Å². The molecule has 2 amide bonds. The smallest absolute Gasteiger partial charge is 0.255 e. The number of rotatable bonds is 6. The molecule has 0 saturated heterocycles. The van der Waals surface area contributed by atoms with Crippen LogP contribution >= 0.6 is 0 Å². The summed E-state index contributed by atoms with van der Waals surface area (Å²) in [5, 5.41) is 16.9. The minimum atomic E-state index is -0.341. The molecule has 1 aromatic heterocycles. The molecule has 0 aliphatic rings. The fourth-order valence-corrected chi connectivity index (χ4v) is 3.15. The number of carbonyl (C=O) groups is 2. The highest BCUT2D eigenvalue weighted by molar-refractivity contribution is 6.09. The lowest BCUT2D eigenvalue weighted by atomic mass is 10.1. The van der Waals surface area contributed by atoms with Crippen molar-refractivity contribution in [3.05, 3.63) is 102 Å². The molecule has 8 nitrogen and oxygen atoms in total. The van der Waals surface area contributed by atoms with Gasteiger partial charge in [0.1, 0.15) is 6.33 Å². The molecular formula is C23H20N6O2. The highest BCUT2D eigenvalue weighted by Crippen LogP contribution is 2.19. The minimum absolute atomic E-state index is 0.176. The summed E-state index contributed by atoms with van der Waals surface area (Å²) in [4.78, 5) is 25.7. The summed E-state index contributed by atoms with van der Waals surface area (Å²) >= 11 is 0. The fourth-order valence-electron chi connectivity index (χ4n) is 3.15. The fraction of sp³-hybridized carbons (Fsp3) is 0.0870. The summed E-state index contributed by atoms with van der Waals surface area (Å²) in [7, 11) is 0. The van der Waals surface area contributed by atoms with E-state index < -0.39 is 0 Å². The van der Waals surface area contributed by atoms with E-state index in [4.69, 9.17) is 0 Å². The third-order valence-corrected chi connectivity index (χ3v) is 4.79. The van der Waals surface area contributed by atoms with Gasteiger partial charge in [0.2, 0.25) is 0 Å². The summed E-state index contributed by atoms with van der Waals surface area (Å²) in [5.41, 5.74) is 2.88. The third kappa shape index (κ3) is 4.64. The molecule has 4 rings (SSSR count). The molecule has 154 valence electrons. The van der Waals surface area contributed by atoms with Gasteiger partial charge in [-0.15, -0.1) is 5.10 Å². The van der Waals surface area contributed by atoms with Gasteiger partial charge in [0, 0.05) is 5.56 Å². The second-order valence-corrected chi connectivity index (χ2v) is 6.91. The van der Waals surface area contributed by atoms with Crippen molar-refractivity contribution in [3.8, 4) is 5.69 Å². The summed E-state index contributed by atoms with van der Waals surface area (Å²) in [6.45, 7) is 1.92. The molecule has 8 heteroatoms. The van der Waals surface area contributed by atoms with E-state index in [1.807, 2.05) is 37.3 Å². The van der Waals surface area contributed by atoms with Crippen molar-refractivity contribution in [3.63, 3.8) is 0 Å². The number of hydrogen-bond acceptors (Lipinski definition) is 5. The van der Waals surface area contributed by atoms with E-state index in [-0.39, 0.29) is 17.9 Å². The summed E-state index contributed by atoms with van der Waals surface area (Å²) in [5.74, 6) is -0.610. The summed E-state index contributed by atoms with van der Waals surface area (Å²) in [6.07, 6.45) is 1.45. The number of nitrogens with one attached hydrogen (secondary N) is 2. The van der Waals surface area contributed by atoms with E-state index in [9.17, 15) is 9.59 Å². The molecule has 0 saturated carbocycles. The molecule has 31 heavy (non-hydrogen) atoms. The second-order valence-electron chi connectivity index (χ2n) is 6.91. The van der Waals surface area contributed by atoms with E-state index in [1.165, 1.54) is 11.0 Å². The Labute approximate surface area is 178 Å². The van der Waals surface area contributed by atoms with Crippen LogP contribution in [-0.2, 0) is 0 Å². The van der Waals surface area contributed by atoms with E-state index in [1.54, 1.807) is 48.5 Å². The number of tetrazole rings is 1. The van der Waals surface area contributed by atoms with Crippen LogP contribution in [0.5, 0.6) is 0 Å². The number of carbonyl (C=O) groups excluding carboxylic acids is 2. The lowest BCUT2D eigenvalue weighted by Crippen LogP contribution is -2.28. The number of nitrogens with zero attached hydrogens (tertiary/aromatic N) is 4. The van der Waals surface area contributed by atoms with Crippen molar-refractivity contribution in [2.75, 3.05) is 5.32 Å². The van der Waals surface area contributed by atoms with Crippen LogP contribution in [0.1, 0.15) is 39.2 Å². The molecule has 0 radical (unpaired) electrons. The Balaban J connectivity index is 1.52. The Kier molecular flexibility index (Phi) is 5.79. The maximum absolute atomic E-state index is 12.9. The van der Waals surface area contributed by atoms with Crippen LogP contribution in [0.15, 0.2) is 85.2 Å². The third-order valence-electron chi connectivity index (χ3n) is 4.79. The average molecular weight is 412 g/mol. The van der Waals surface area contributed by atoms with Crippen LogP contribution in [0.4, 0.5) is 5.69 Å². The first-order chi connectivity index (χ1) is 15.1. The van der Waals surface area contributed by atoms with Gasteiger partial charge in [-0.3, -0.25) is 9.59 Å². The van der Waals surface area contributed by atoms with E-state index in [2.05, 4.69) is 26.2 Å². The van der Waals surface area contributed by atoms with Gasteiger partial charge in [-0.1, -0.05) is 48.5 Å². The van der Waals surface area contributed by atoms with Crippen LogP contribution in [0.25, 0.3) is 5.69 Å². The van der Waals surface area contributed by atoms with Crippen molar-refractivity contribution >= 4 is 17.5 Å². The second kappa shape index (κ2) is 9.00. The van der Waals surface area contributed by atoms with Gasteiger partial charge in [0.05, 0.1) is 23.0 Å². The van der Waals surface area contributed by atoms with Crippen LogP contribution in [0, 0.1) is 0 Å². The zero-order chi connectivity index (χ0) is 21.6. The lowest BCUT2D eigenvalue weighted by molar-refractivity contribution is 0.0941. The summed E-state index contributed by atoms with van der Waals surface area (Å²) < 4.78 is 1.46. The number of benzene rings is 3. The highest BCUT2D eigenvalue weighted by atomic mass is 16.2. The monoisotopic (exact) mass is 412 g/mol. The quantitative estimate of drug-likeness (QED) is 0.505. The van der Waals surface area contributed by atoms with Gasteiger partial charge in [-0.05, 0) is 53.2 Å². The first kappa shape index (κ1) is 20.0. The number of para-hydroxylation sites is 1. The molecule has 0 bridgehead atoms. The van der Waals surface area contributed by atoms with Crippen molar-refractivity contribution in [1.82, 2.24) is 25.5 Å². The standard InChI is InChI=1S/C23H20N6O2/c1-16(17-8-3-2-4-9-17)25-23(31)20-12-5-6-13-21(20)26-22(30)18-10-7-11-19(14-18)29-15-24-27-28-29/h2-16H,1H3,(H,25,31)(H,26,30)/t16-/m1/s1. The topological polar surface area (TPSA) is 102 Å². The van der Waals surface area contributed by atoms with E-state index in [0.29, 0.717) is 22.5 Å². The molecular weight excluding hydrogens is 392 g/mol. The van der Waals surface area contributed by atoms with Crippen LogP contribution in [0.3, 0.4) is 0 Å². The molecule has 1 heterocycles. The molecule has 0 fully saturated rings. The summed E-state index contributed by atoms with van der Waals surface area (Å²) in [6, 6.07) is 23.3. The average Bonchev–Trinajstić information content (AvgIpc) is 3.35. The largest absolute Gasteiger partial charge is 0.345 e. The number of aromatic nitrogens is 4. The van der Waals surface area contributed by atoms with Gasteiger partial charge >= 0.3 is 0 Å². The van der Waals surface area contributed by atoms with Gasteiger partial charge in [0.15, 0.2) is 0 Å². The first-order valence-corrected chi connectivity index (χ1v) is 9.71. The normalized spacial score (nSPS) is 11.5. The molecule has 0 aliphatic heterocycles. The maximum Gasteiger partial charge on any atom is 0.255 e. The van der Waals surface area contributed by atoms with Crippen molar-refractivity contribution in [1.29, 1.82) is 0 Å². The SMILES string of the molecule is C[C@@H](NC(=O)c1ccccc1NC(=O)c1cccc(-n2cnnn2)c1)c1ccccc1. The molecule has 4 aromatic rings. The Morgan fingerprint density at radius 3 is 2.45 bits per heavy atom. The number of amides is 2. The highest BCUT2D eigenvalue weighted by Gasteiger charge is 2.17. The van der Waals surface area contributed by atoms with Gasteiger partial charge in [-0.2, -0.15) is 0 Å². The van der Waals surface area contributed by atoms with Crippen molar-refractivity contribution in [2.45, 2.75) is 13.0 Å². The lowest BCUT2D eigenvalue weighted by Gasteiger charge is -2.16. The van der Waals surface area contributed by atoms with E-state index in [0.717, 1.165) is 5.56 Å². The van der Waals surface area contributed by atoms with Gasteiger partial charge in [-0.25, -0.2) is 4.68 Å². The van der Waals surface area contributed by atoms with Crippen molar-refractivity contribution < 1.29 is 9.59 Å². The Morgan fingerprint density at radius 1 is 0.903 bits per heavy atom. The predicted molar refractivity (Wildman–Crippen MR) is 116 cm³/mol. The Bertz CT molecular complexity index is 1190. The first-order valence-electron chi connectivity index (χ1n) is 9.71. The minimum Gasteiger partial charge on any atom is -0.345 e. The van der Waals surface area contributed by atoms with Gasteiger partial charge in [0.25, 0.3) is 11.8 Å².